The van der Waals surface area contributed by atoms with Gasteiger partial charge >= 0.3 is 11.8 Å². The van der Waals surface area contributed by atoms with Gasteiger partial charge in [-0.3, -0.25) is 4.79 Å². The van der Waals surface area contributed by atoms with E-state index in [0.29, 0.717) is 22.5 Å². The molecule has 0 bridgehead atoms. The molecule has 0 aliphatic heterocycles. The molecule has 0 radical (unpaired) electrons. The average molecular weight is 397 g/mol. The summed E-state index contributed by atoms with van der Waals surface area (Å²) in [5.41, 5.74) is -0.0651. The summed E-state index contributed by atoms with van der Waals surface area (Å²) in [7, 11) is 0. The van der Waals surface area contributed by atoms with Crippen molar-refractivity contribution >= 4 is 11.8 Å². The summed E-state index contributed by atoms with van der Waals surface area (Å²) in [6.45, 7) is 3.16. The zero-order chi connectivity index (χ0) is 21.2. The highest BCUT2D eigenvalue weighted by Crippen LogP contribution is 2.33. The van der Waals surface area contributed by atoms with Crippen LogP contribution >= 0.6 is 0 Å². The Bertz CT molecular complexity index is 1070. The quantitative estimate of drug-likeness (QED) is 0.472. The monoisotopic (exact) mass is 397 g/mol. The highest BCUT2D eigenvalue weighted by molar-refractivity contribution is 5.81. The first-order valence-corrected chi connectivity index (χ1v) is 8.99. The van der Waals surface area contributed by atoms with Gasteiger partial charge in [0.05, 0.1) is 12.0 Å². The number of imidazole rings is 1. The van der Waals surface area contributed by atoms with Crippen molar-refractivity contribution in [1.82, 2.24) is 9.55 Å². The number of aryl methyl sites for hydroxylation is 1. The third kappa shape index (κ3) is 3.87. The lowest BCUT2D eigenvalue weighted by molar-refractivity contribution is -0.392. The van der Waals surface area contributed by atoms with E-state index in [9.17, 15) is 24.4 Å². The molecule has 1 atom stereocenters. The molecule has 1 aromatic heterocycles. The van der Waals surface area contributed by atoms with Crippen LogP contribution in [0.4, 0.5) is 10.2 Å². The first-order chi connectivity index (χ1) is 13.7. The van der Waals surface area contributed by atoms with Gasteiger partial charge in [0.1, 0.15) is 12.0 Å². The molecule has 29 heavy (non-hydrogen) atoms. The van der Waals surface area contributed by atoms with Gasteiger partial charge in [-0.25, -0.2) is 13.9 Å². The number of aliphatic carboxylic acids is 1. The molecule has 1 heterocycles. The molecule has 0 spiro atoms. The van der Waals surface area contributed by atoms with Crippen LogP contribution in [0.15, 0.2) is 54.7 Å². The number of halogens is 1. The maximum Gasteiger partial charge on any atom is 0.342 e. The smallest absolute Gasteiger partial charge is 0.342 e. The Kier molecular flexibility index (Phi) is 5.45. The zero-order valence-corrected chi connectivity index (χ0v) is 16.0. The number of hydrogen-bond donors (Lipinski definition) is 1. The average Bonchev–Trinajstić information content (AvgIpc) is 3.07. The Morgan fingerprint density at radius 3 is 2.55 bits per heavy atom. The fourth-order valence-electron chi connectivity index (χ4n) is 3.30. The first kappa shape index (κ1) is 20.2. The molecule has 0 aliphatic rings. The van der Waals surface area contributed by atoms with Crippen LogP contribution in [0, 0.1) is 22.9 Å². The highest BCUT2D eigenvalue weighted by Gasteiger charge is 2.37. The first-order valence-electron chi connectivity index (χ1n) is 8.99. The molecule has 0 unspecified atom stereocenters. The topological polar surface area (TPSA) is 98.3 Å². The van der Waals surface area contributed by atoms with Crippen molar-refractivity contribution in [3.05, 3.63) is 82.0 Å². The molecule has 2 aromatic carbocycles. The summed E-state index contributed by atoms with van der Waals surface area (Å²) in [5.74, 6) is -1.45. The molecule has 8 heteroatoms. The zero-order valence-electron chi connectivity index (χ0n) is 16.0. The van der Waals surface area contributed by atoms with E-state index in [-0.39, 0.29) is 18.8 Å². The molecule has 0 saturated carbocycles. The Labute approximate surface area is 166 Å². The van der Waals surface area contributed by atoms with E-state index in [1.54, 1.807) is 43.3 Å². The minimum Gasteiger partial charge on any atom is -0.481 e. The van der Waals surface area contributed by atoms with Gasteiger partial charge in [-0.15, -0.1) is 0 Å². The van der Waals surface area contributed by atoms with Crippen LogP contribution in [0.3, 0.4) is 0 Å². The predicted octanol–water partition coefficient (Wildman–Crippen LogP) is 4.34. The van der Waals surface area contributed by atoms with E-state index in [4.69, 9.17) is 0 Å². The molecule has 0 aliphatic carbocycles. The lowest BCUT2D eigenvalue weighted by atomic mass is 9.79. The summed E-state index contributed by atoms with van der Waals surface area (Å²) >= 11 is 0. The maximum atomic E-state index is 14.8. The molecule has 3 rings (SSSR count). The van der Waals surface area contributed by atoms with E-state index in [0.717, 1.165) is 6.20 Å². The minimum atomic E-state index is -1.43. The van der Waals surface area contributed by atoms with Crippen molar-refractivity contribution in [1.29, 1.82) is 0 Å². The van der Waals surface area contributed by atoms with Crippen LogP contribution in [0.2, 0.25) is 0 Å². The predicted molar refractivity (Wildman–Crippen MR) is 105 cm³/mol. The second kappa shape index (κ2) is 7.83. The number of benzene rings is 2. The van der Waals surface area contributed by atoms with E-state index >= 15 is 0 Å². The van der Waals surface area contributed by atoms with Crippen LogP contribution in [-0.2, 0) is 16.8 Å². The number of rotatable bonds is 7. The van der Waals surface area contributed by atoms with Crippen molar-refractivity contribution in [2.45, 2.75) is 32.2 Å². The van der Waals surface area contributed by atoms with Crippen molar-refractivity contribution in [3.8, 4) is 11.1 Å². The van der Waals surface area contributed by atoms with E-state index in [1.165, 1.54) is 17.6 Å². The van der Waals surface area contributed by atoms with Gasteiger partial charge in [-0.05, 0) is 29.0 Å². The van der Waals surface area contributed by atoms with Crippen LogP contribution in [0.1, 0.15) is 24.7 Å². The summed E-state index contributed by atoms with van der Waals surface area (Å²) in [5, 5.41) is 21.0. The number of nitro groups is 1. The fraction of sp³-hybridized carbons (Fsp3) is 0.238. The Morgan fingerprint density at radius 1 is 1.28 bits per heavy atom. The molecule has 0 fully saturated rings. The van der Waals surface area contributed by atoms with Gasteiger partial charge in [-0.1, -0.05) is 42.5 Å². The number of hydrogen-bond acceptors (Lipinski definition) is 4. The fourth-order valence-corrected chi connectivity index (χ4v) is 3.30. The molecular formula is C21H20FN3O4. The lowest BCUT2D eigenvalue weighted by Gasteiger charge is -2.25. The van der Waals surface area contributed by atoms with Crippen molar-refractivity contribution in [2.75, 3.05) is 0 Å². The van der Waals surface area contributed by atoms with Crippen molar-refractivity contribution in [3.63, 3.8) is 0 Å². The van der Waals surface area contributed by atoms with Crippen molar-refractivity contribution in [2.24, 2.45) is 0 Å². The van der Waals surface area contributed by atoms with E-state index in [2.05, 4.69) is 4.98 Å². The second-order valence-electron chi connectivity index (χ2n) is 7.02. The standard InChI is InChI=1S/C21H20FN3O4/c1-14-23-13-19(25(28)29)24(14)11-10-21(2,20(26)27)16-8-9-17(18(22)12-16)15-6-4-3-5-7-15/h3-9,12-13H,10-11H2,1-2H3,(H,26,27)/t21-/m0/s1. The SMILES string of the molecule is Cc1ncc([N+](=O)[O-])n1CC[C@](C)(C(=O)O)c1ccc(-c2ccccc2)c(F)c1. The third-order valence-corrected chi connectivity index (χ3v) is 5.22. The number of aromatic nitrogens is 2. The molecule has 0 saturated heterocycles. The highest BCUT2D eigenvalue weighted by atomic mass is 19.1. The molecule has 7 nitrogen and oxygen atoms in total. The van der Waals surface area contributed by atoms with Crippen LogP contribution in [0.5, 0.6) is 0 Å². The Balaban J connectivity index is 1.93. The number of nitrogens with zero attached hydrogens (tertiary/aromatic N) is 3. The van der Waals surface area contributed by atoms with Crippen molar-refractivity contribution < 1.29 is 19.2 Å². The van der Waals surface area contributed by atoms with E-state index < -0.39 is 22.1 Å². The summed E-state index contributed by atoms with van der Waals surface area (Å²) < 4.78 is 16.1. The summed E-state index contributed by atoms with van der Waals surface area (Å²) in [6, 6.07) is 13.3. The molecule has 150 valence electrons. The van der Waals surface area contributed by atoms with Crippen LogP contribution < -0.4 is 0 Å². The molecule has 1 N–H and O–H groups in total. The van der Waals surface area contributed by atoms with E-state index in [1.807, 2.05) is 6.07 Å². The molecular weight excluding hydrogens is 377 g/mol. The molecule has 3 aromatic rings. The number of carboxylic acids is 1. The van der Waals surface area contributed by atoms with Gasteiger partial charge in [0.25, 0.3) is 0 Å². The van der Waals surface area contributed by atoms with Gasteiger partial charge in [-0.2, -0.15) is 0 Å². The summed E-state index contributed by atoms with van der Waals surface area (Å²) in [4.78, 5) is 26.6. The number of carboxylic acid groups (broad SMARTS) is 1. The van der Waals surface area contributed by atoms with Gasteiger partial charge in [0.15, 0.2) is 5.82 Å². The van der Waals surface area contributed by atoms with Gasteiger partial charge in [0.2, 0.25) is 0 Å². The Hall–Kier alpha value is -3.55. The lowest BCUT2D eigenvalue weighted by Crippen LogP contribution is -2.34. The van der Waals surface area contributed by atoms with Gasteiger partial charge in [0, 0.05) is 18.9 Å². The third-order valence-electron chi connectivity index (χ3n) is 5.22. The molecule has 0 amide bonds. The normalized spacial score (nSPS) is 13.1. The van der Waals surface area contributed by atoms with Crippen LogP contribution in [-0.4, -0.2) is 25.6 Å². The minimum absolute atomic E-state index is 0.0322. The summed E-state index contributed by atoms with van der Waals surface area (Å²) in [6.07, 6.45) is 1.17. The maximum absolute atomic E-state index is 14.8. The largest absolute Gasteiger partial charge is 0.481 e. The van der Waals surface area contributed by atoms with Crippen LogP contribution in [0.25, 0.3) is 11.1 Å². The second-order valence-corrected chi connectivity index (χ2v) is 7.02. The number of carbonyl (C=O) groups is 1. The van der Waals surface area contributed by atoms with Gasteiger partial charge < -0.3 is 15.2 Å². The Morgan fingerprint density at radius 2 is 1.97 bits per heavy atom.